The van der Waals surface area contributed by atoms with Gasteiger partial charge in [-0.15, -0.1) is 0 Å². The van der Waals surface area contributed by atoms with Crippen molar-refractivity contribution in [2.24, 2.45) is 0 Å². The van der Waals surface area contributed by atoms with Crippen molar-refractivity contribution in [2.45, 2.75) is 12.6 Å². The van der Waals surface area contributed by atoms with Gasteiger partial charge in [0.1, 0.15) is 0 Å². The molecule has 0 bridgehead atoms. The number of carboxylic acid groups (broad SMARTS) is 1. The number of carbonyl (C=O) groups is 1. The van der Waals surface area contributed by atoms with Gasteiger partial charge in [-0.05, 0) is 6.07 Å². The predicted molar refractivity (Wildman–Crippen MR) is 59.6 cm³/mol. The number of anilines is 2. The van der Waals surface area contributed by atoms with E-state index in [-0.39, 0.29) is 23.6 Å². The molecule has 1 rings (SSSR count). The van der Waals surface area contributed by atoms with Crippen molar-refractivity contribution in [3.05, 3.63) is 17.8 Å². The molecule has 1 aromatic heterocycles. The number of nitrogens with two attached hydrogens (primary N) is 1. The number of aromatic nitrogens is 1. The number of hydrogen-bond donors (Lipinski definition) is 2. The van der Waals surface area contributed by atoms with E-state index in [0.717, 1.165) is 0 Å². The Bertz CT molecular complexity index is 448. The van der Waals surface area contributed by atoms with Crippen molar-refractivity contribution in [3.8, 4) is 0 Å². The molecular weight excluding hydrogens is 251 g/mol. The summed E-state index contributed by atoms with van der Waals surface area (Å²) in [4.78, 5) is 15.8. The number of pyridine rings is 1. The zero-order valence-corrected chi connectivity index (χ0v) is 9.53. The van der Waals surface area contributed by atoms with E-state index < -0.39 is 18.6 Å². The zero-order chi connectivity index (χ0) is 13.9. The van der Waals surface area contributed by atoms with E-state index in [2.05, 4.69) is 4.98 Å². The summed E-state index contributed by atoms with van der Waals surface area (Å²) < 4.78 is 36.2. The second-order valence-electron chi connectivity index (χ2n) is 3.69. The molecule has 0 unspecified atom stereocenters. The summed E-state index contributed by atoms with van der Waals surface area (Å²) >= 11 is 0. The second kappa shape index (κ2) is 5.11. The molecule has 1 heterocycles. The molecule has 0 saturated heterocycles. The fourth-order valence-corrected chi connectivity index (χ4v) is 1.35. The number of hydrogen-bond acceptors (Lipinski definition) is 4. The fourth-order valence-electron chi connectivity index (χ4n) is 1.35. The Labute approximate surface area is 101 Å². The summed E-state index contributed by atoms with van der Waals surface area (Å²) in [6, 6.07) is 1.19. The molecular formula is C10H12F3N3O2. The lowest BCUT2D eigenvalue weighted by atomic mass is 10.2. The highest BCUT2D eigenvalue weighted by molar-refractivity contribution is 5.96. The summed E-state index contributed by atoms with van der Waals surface area (Å²) in [6.07, 6.45) is -4.12. The molecule has 1 aromatic rings. The number of aromatic carboxylic acids is 1. The topological polar surface area (TPSA) is 79.5 Å². The summed E-state index contributed by atoms with van der Waals surface area (Å²) in [7, 11) is 1.37. The molecule has 0 aromatic carbocycles. The maximum Gasteiger partial charge on any atom is 0.390 e. The highest BCUT2D eigenvalue weighted by atomic mass is 19.4. The third-order valence-electron chi connectivity index (χ3n) is 2.29. The first-order valence-corrected chi connectivity index (χ1v) is 4.98. The van der Waals surface area contributed by atoms with Gasteiger partial charge in [0.25, 0.3) is 0 Å². The van der Waals surface area contributed by atoms with E-state index in [9.17, 15) is 18.0 Å². The number of rotatable bonds is 4. The van der Waals surface area contributed by atoms with Gasteiger partial charge in [-0.1, -0.05) is 0 Å². The van der Waals surface area contributed by atoms with Gasteiger partial charge < -0.3 is 15.7 Å². The molecule has 0 saturated carbocycles. The van der Waals surface area contributed by atoms with Crippen LogP contribution in [0.5, 0.6) is 0 Å². The van der Waals surface area contributed by atoms with Crippen molar-refractivity contribution in [2.75, 3.05) is 24.2 Å². The number of nitrogen functional groups attached to an aromatic ring is 1. The number of nitrogens with zero attached hydrogens (tertiary/aromatic N) is 2. The van der Waals surface area contributed by atoms with Crippen molar-refractivity contribution >= 4 is 17.5 Å². The molecule has 3 N–H and O–H groups in total. The zero-order valence-electron chi connectivity index (χ0n) is 9.53. The van der Waals surface area contributed by atoms with Crippen LogP contribution >= 0.6 is 0 Å². The van der Waals surface area contributed by atoms with Crippen molar-refractivity contribution < 1.29 is 23.1 Å². The number of alkyl halides is 3. The van der Waals surface area contributed by atoms with Gasteiger partial charge >= 0.3 is 12.1 Å². The van der Waals surface area contributed by atoms with Gasteiger partial charge in [-0.2, -0.15) is 13.2 Å². The van der Waals surface area contributed by atoms with Gasteiger partial charge in [-0.25, -0.2) is 9.78 Å². The van der Waals surface area contributed by atoms with E-state index in [4.69, 9.17) is 10.8 Å². The molecule has 18 heavy (non-hydrogen) atoms. The van der Waals surface area contributed by atoms with Crippen LogP contribution in [0.4, 0.5) is 24.7 Å². The lowest BCUT2D eigenvalue weighted by molar-refractivity contribution is -0.132. The standard InChI is InChI=1S/C10H12F3N3O2/c1-16(5-3-10(11,12)13)8-7(14)6(9(17)18)2-4-15-8/h2,4H,3,5,14H2,1H3,(H,17,18). The highest BCUT2D eigenvalue weighted by Gasteiger charge is 2.28. The Morgan fingerprint density at radius 1 is 1.56 bits per heavy atom. The minimum atomic E-state index is -4.28. The lowest BCUT2D eigenvalue weighted by Gasteiger charge is -2.21. The van der Waals surface area contributed by atoms with Crippen LogP contribution in [0.25, 0.3) is 0 Å². The molecule has 0 spiro atoms. The first kappa shape index (κ1) is 14.1. The second-order valence-corrected chi connectivity index (χ2v) is 3.69. The molecule has 100 valence electrons. The highest BCUT2D eigenvalue weighted by Crippen LogP contribution is 2.25. The van der Waals surface area contributed by atoms with Gasteiger partial charge in [0.15, 0.2) is 5.82 Å². The molecule has 0 radical (unpaired) electrons. The van der Waals surface area contributed by atoms with Crippen LogP contribution in [0, 0.1) is 0 Å². The molecule has 0 amide bonds. The van der Waals surface area contributed by atoms with Gasteiger partial charge in [-0.3, -0.25) is 0 Å². The Hall–Kier alpha value is -1.99. The summed E-state index contributed by atoms with van der Waals surface area (Å²) in [5.74, 6) is -1.22. The molecule has 0 atom stereocenters. The SMILES string of the molecule is CN(CCC(F)(F)F)c1nccc(C(=O)O)c1N. The van der Waals surface area contributed by atoms with Crippen molar-refractivity contribution in [1.82, 2.24) is 4.98 Å². The maximum atomic E-state index is 12.1. The first-order chi connectivity index (χ1) is 8.22. The Balaban J connectivity index is 2.89. The molecule has 5 nitrogen and oxygen atoms in total. The monoisotopic (exact) mass is 263 g/mol. The molecule has 0 fully saturated rings. The van der Waals surface area contributed by atoms with Crippen LogP contribution in [0.1, 0.15) is 16.8 Å². The Morgan fingerprint density at radius 3 is 2.67 bits per heavy atom. The molecule has 0 aliphatic heterocycles. The molecule has 0 aliphatic carbocycles. The van der Waals surface area contributed by atoms with Crippen molar-refractivity contribution in [1.29, 1.82) is 0 Å². The normalized spacial score (nSPS) is 11.3. The largest absolute Gasteiger partial charge is 0.478 e. The summed E-state index contributed by atoms with van der Waals surface area (Å²) in [6.45, 7) is -0.343. The van der Waals surface area contributed by atoms with Gasteiger partial charge in [0.05, 0.1) is 17.7 Å². The number of halogens is 3. The van der Waals surface area contributed by atoms with E-state index in [0.29, 0.717) is 0 Å². The van der Waals surface area contributed by atoms with Crippen LogP contribution in [0.15, 0.2) is 12.3 Å². The third kappa shape index (κ3) is 3.51. The van der Waals surface area contributed by atoms with E-state index >= 15 is 0 Å². The van der Waals surface area contributed by atoms with Crippen LogP contribution in [0.3, 0.4) is 0 Å². The average Bonchev–Trinajstić information content (AvgIpc) is 2.24. The minimum absolute atomic E-state index is 0.0270. The molecule has 0 aliphatic rings. The maximum absolute atomic E-state index is 12.1. The van der Waals surface area contributed by atoms with E-state index in [1.54, 1.807) is 0 Å². The minimum Gasteiger partial charge on any atom is -0.478 e. The Kier molecular flexibility index (Phi) is 4.00. The van der Waals surface area contributed by atoms with E-state index in [1.807, 2.05) is 0 Å². The fraction of sp³-hybridized carbons (Fsp3) is 0.400. The summed E-state index contributed by atoms with van der Waals surface area (Å²) in [5, 5.41) is 8.82. The lowest BCUT2D eigenvalue weighted by Crippen LogP contribution is -2.26. The predicted octanol–water partition coefficient (Wildman–Crippen LogP) is 1.75. The quantitative estimate of drug-likeness (QED) is 0.865. The van der Waals surface area contributed by atoms with Crippen molar-refractivity contribution in [3.63, 3.8) is 0 Å². The first-order valence-electron chi connectivity index (χ1n) is 4.98. The van der Waals surface area contributed by atoms with Crippen LogP contribution in [0.2, 0.25) is 0 Å². The van der Waals surface area contributed by atoms with Crippen LogP contribution in [-0.4, -0.2) is 35.8 Å². The average molecular weight is 263 g/mol. The smallest absolute Gasteiger partial charge is 0.390 e. The third-order valence-corrected chi connectivity index (χ3v) is 2.29. The van der Waals surface area contributed by atoms with Crippen LogP contribution < -0.4 is 10.6 Å². The van der Waals surface area contributed by atoms with Gasteiger partial charge in [0.2, 0.25) is 0 Å². The summed E-state index contributed by atoms with van der Waals surface area (Å²) in [5.41, 5.74) is 5.23. The number of carboxylic acids is 1. The molecule has 8 heteroatoms. The Morgan fingerprint density at radius 2 is 2.17 bits per heavy atom. The van der Waals surface area contributed by atoms with Crippen LogP contribution in [-0.2, 0) is 0 Å². The van der Waals surface area contributed by atoms with E-state index in [1.165, 1.54) is 24.2 Å². The van der Waals surface area contributed by atoms with Gasteiger partial charge in [0, 0.05) is 19.8 Å².